The Morgan fingerprint density at radius 2 is 1.55 bits per heavy atom. The van der Waals surface area contributed by atoms with Gasteiger partial charge in [-0.3, -0.25) is 13.9 Å². The molecule has 214 valence electrons. The van der Waals surface area contributed by atoms with E-state index in [0.29, 0.717) is 17.9 Å². The number of anilines is 1. The Hall–Kier alpha value is -3.85. The lowest BCUT2D eigenvalue weighted by atomic mass is 10.1. The standard InChI is InChI=1S/C31H39N3O5S/c1-6-24(3)32-31(36)25(4)33(21-20-26-10-8-7-9-11-26)30(35)22-34(27-14-12-23(2)13-15-27)40(37,38)29-18-16-28(39-5)17-19-29/h7-19,24-25H,6,20-22H2,1-5H3,(H,32,36)/t24-,25+/m1/s1. The van der Waals surface area contributed by atoms with E-state index in [2.05, 4.69) is 5.32 Å². The molecule has 3 aromatic rings. The molecule has 8 nitrogen and oxygen atoms in total. The van der Waals surface area contributed by atoms with E-state index in [9.17, 15) is 18.0 Å². The van der Waals surface area contributed by atoms with Gasteiger partial charge in [0.2, 0.25) is 11.8 Å². The first-order valence-corrected chi connectivity index (χ1v) is 14.9. The van der Waals surface area contributed by atoms with E-state index in [1.807, 2.05) is 51.1 Å². The molecule has 0 aromatic heterocycles. The molecule has 40 heavy (non-hydrogen) atoms. The van der Waals surface area contributed by atoms with E-state index in [1.165, 1.54) is 24.1 Å². The minimum atomic E-state index is -4.13. The van der Waals surface area contributed by atoms with Crippen molar-refractivity contribution in [1.82, 2.24) is 10.2 Å². The molecule has 2 atom stereocenters. The molecule has 0 radical (unpaired) electrons. The zero-order chi connectivity index (χ0) is 29.3. The smallest absolute Gasteiger partial charge is 0.264 e. The van der Waals surface area contributed by atoms with Gasteiger partial charge >= 0.3 is 0 Å². The summed E-state index contributed by atoms with van der Waals surface area (Å²) in [5.41, 5.74) is 2.32. The Morgan fingerprint density at radius 1 is 0.925 bits per heavy atom. The van der Waals surface area contributed by atoms with Gasteiger partial charge in [-0.25, -0.2) is 8.42 Å². The third kappa shape index (κ3) is 7.85. The summed E-state index contributed by atoms with van der Waals surface area (Å²) in [7, 11) is -2.62. The van der Waals surface area contributed by atoms with Crippen LogP contribution in [0.1, 0.15) is 38.3 Å². The predicted molar refractivity (Wildman–Crippen MR) is 158 cm³/mol. The fourth-order valence-electron chi connectivity index (χ4n) is 4.15. The Labute approximate surface area is 238 Å². The molecule has 0 spiro atoms. The molecule has 3 rings (SSSR count). The van der Waals surface area contributed by atoms with Crippen LogP contribution in [0.5, 0.6) is 5.75 Å². The van der Waals surface area contributed by atoms with E-state index in [1.54, 1.807) is 43.3 Å². The zero-order valence-corrected chi connectivity index (χ0v) is 24.6. The van der Waals surface area contributed by atoms with Crippen molar-refractivity contribution in [3.8, 4) is 5.75 Å². The van der Waals surface area contributed by atoms with Gasteiger partial charge in [0.05, 0.1) is 17.7 Å². The maximum Gasteiger partial charge on any atom is 0.264 e. The number of ether oxygens (including phenoxy) is 1. The molecule has 0 aliphatic carbocycles. The molecule has 0 aliphatic heterocycles. The molecule has 2 amide bonds. The number of benzene rings is 3. The maximum atomic E-state index is 13.9. The number of methoxy groups -OCH3 is 1. The number of rotatable bonds is 13. The summed E-state index contributed by atoms with van der Waals surface area (Å²) >= 11 is 0. The number of carbonyl (C=O) groups is 2. The average Bonchev–Trinajstić information content (AvgIpc) is 2.96. The second-order valence-electron chi connectivity index (χ2n) is 9.84. The normalized spacial score (nSPS) is 12.7. The van der Waals surface area contributed by atoms with Crippen molar-refractivity contribution in [3.63, 3.8) is 0 Å². The zero-order valence-electron chi connectivity index (χ0n) is 23.8. The van der Waals surface area contributed by atoms with Crippen LogP contribution in [0.4, 0.5) is 5.69 Å². The first kappa shape index (κ1) is 30.7. The number of amides is 2. The minimum Gasteiger partial charge on any atom is -0.497 e. The highest BCUT2D eigenvalue weighted by atomic mass is 32.2. The van der Waals surface area contributed by atoms with Crippen LogP contribution in [0.3, 0.4) is 0 Å². The van der Waals surface area contributed by atoms with Gasteiger partial charge in [0, 0.05) is 12.6 Å². The largest absolute Gasteiger partial charge is 0.497 e. The summed E-state index contributed by atoms with van der Waals surface area (Å²) in [5.74, 6) is -0.235. The molecule has 0 aliphatic rings. The summed E-state index contributed by atoms with van der Waals surface area (Å²) in [6, 6.07) is 21.8. The molecule has 9 heteroatoms. The van der Waals surface area contributed by atoms with Crippen molar-refractivity contribution < 1.29 is 22.7 Å². The van der Waals surface area contributed by atoms with Crippen LogP contribution in [0.25, 0.3) is 0 Å². The Kier molecular flexibility index (Phi) is 10.7. The second-order valence-corrected chi connectivity index (χ2v) is 11.7. The number of hydrogen-bond donors (Lipinski definition) is 1. The summed E-state index contributed by atoms with van der Waals surface area (Å²) in [5, 5.41) is 2.94. The van der Waals surface area contributed by atoms with E-state index >= 15 is 0 Å². The van der Waals surface area contributed by atoms with Gasteiger partial charge < -0.3 is 15.0 Å². The molecule has 0 fully saturated rings. The van der Waals surface area contributed by atoms with Crippen LogP contribution >= 0.6 is 0 Å². The van der Waals surface area contributed by atoms with Crippen LogP contribution < -0.4 is 14.4 Å². The van der Waals surface area contributed by atoms with Crippen molar-refractivity contribution >= 4 is 27.5 Å². The van der Waals surface area contributed by atoms with Gasteiger partial charge in [-0.05, 0) is 75.6 Å². The highest BCUT2D eigenvalue weighted by molar-refractivity contribution is 7.92. The van der Waals surface area contributed by atoms with Gasteiger partial charge in [-0.2, -0.15) is 0 Å². The quantitative estimate of drug-likeness (QED) is 0.328. The lowest BCUT2D eigenvalue weighted by molar-refractivity contribution is -0.139. The van der Waals surface area contributed by atoms with E-state index < -0.39 is 28.5 Å². The second kappa shape index (κ2) is 14.0. The lowest BCUT2D eigenvalue weighted by Crippen LogP contribution is -2.53. The first-order chi connectivity index (χ1) is 19.1. The van der Waals surface area contributed by atoms with Crippen molar-refractivity contribution in [2.24, 2.45) is 0 Å². The van der Waals surface area contributed by atoms with Gasteiger partial charge in [-0.1, -0.05) is 55.0 Å². The number of sulfonamides is 1. The van der Waals surface area contributed by atoms with Crippen molar-refractivity contribution in [2.75, 3.05) is 24.5 Å². The minimum absolute atomic E-state index is 0.0278. The number of nitrogens with one attached hydrogen (secondary N) is 1. The third-order valence-corrected chi connectivity index (χ3v) is 8.69. The van der Waals surface area contributed by atoms with E-state index in [0.717, 1.165) is 21.9 Å². The van der Waals surface area contributed by atoms with Crippen LogP contribution in [0, 0.1) is 6.92 Å². The molecular weight excluding hydrogens is 526 g/mol. The van der Waals surface area contributed by atoms with Gasteiger partial charge in [0.15, 0.2) is 0 Å². The van der Waals surface area contributed by atoms with Crippen molar-refractivity contribution in [3.05, 3.63) is 90.0 Å². The van der Waals surface area contributed by atoms with Gasteiger partial charge in [0.1, 0.15) is 18.3 Å². The summed E-state index contributed by atoms with van der Waals surface area (Å²) in [6.45, 7) is 7.24. The number of aryl methyl sites for hydroxylation is 1. The molecule has 0 saturated carbocycles. The molecule has 0 bridgehead atoms. The van der Waals surface area contributed by atoms with Crippen LogP contribution in [0.2, 0.25) is 0 Å². The highest BCUT2D eigenvalue weighted by Crippen LogP contribution is 2.26. The predicted octanol–water partition coefficient (Wildman–Crippen LogP) is 4.57. The Morgan fingerprint density at radius 3 is 2.12 bits per heavy atom. The molecule has 1 N–H and O–H groups in total. The van der Waals surface area contributed by atoms with Gasteiger partial charge in [-0.15, -0.1) is 0 Å². The van der Waals surface area contributed by atoms with Crippen LogP contribution in [-0.4, -0.2) is 57.4 Å². The summed E-state index contributed by atoms with van der Waals surface area (Å²) in [6.07, 6.45) is 1.26. The van der Waals surface area contributed by atoms with E-state index in [4.69, 9.17) is 4.74 Å². The lowest BCUT2D eigenvalue weighted by Gasteiger charge is -2.32. The van der Waals surface area contributed by atoms with E-state index in [-0.39, 0.29) is 23.4 Å². The fourth-order valence-corrected chi connectivity index (χ4v) is 5.56. The molecule has 0 heterocycles. The fraction of sp³-hybridized carbons (Fsp3) is 0.355. The van der Waals surface area contributed by atoms with Crippen LogP contribution in [0.15, 0.2) is 83.8 Å². The monoisotopic (exact) mass is 565 g/mol. The number of hydrogen-bond acceptors (Lipinski definition) is 5. The summed E-state index contributed by atoms with van der Waals surface area (Å²) < 4.78 is 34.0. The SMILES string of the molecule is CC[C@@H](C)NC(=O)[C@H](C)N(CCc1ccccc1)C(=O)CN(c1ccc(C)cc1)S(=O)(=O)c1ccc(OC)cc1. The molecular formula is C31H39N3O5S. The Bertz CT molecular complexity index is 1360. The highest BCUT2D eigenvalue weighted by Gasteiger charge is 2.32. The topological polar surface area (TPSA) is 96.0 Å². The number of nitrogens with zero attached hydrogens (tertiary/aromatic N) is 2. The molecule has 0 saturated heterocycles. The summed E-state index contributed by atoms with van der Waals surface area (Å²) in [4.78, 5) is 28.5. The maximum absolute atomic E-state index is 13.9. The Balaban J connectivity index is 1.97. The first-order valence-electron chi connectivity index (χ1n) is 13.4. The van der Waals surface area contributed by atoms with Crippen molar-refractivity contribution in [1.29, 1.82) is 0 Å². The molecule has 3 aromatic carbocycles. The number of carbonyl (C=O) groups excluding carboxylic acids is 2. The van der Waals surface area contributed by atoms with Crippen LogP contribution in [-0.2, 0) is 26.0 Å². The van der Waals surface area contributed by atoms with Crippen molar-refractivity contribution in [2.45, 2.75) is 57.5 Å². The van der Waals surface area contributed by atoms with Gasteiger partial charge in [0.25, 0.3) is 10.0 Å². The third-order valence-electron chi connectivity index (χ3n) is 6.90. The molecule has 0 unspecified atom stereocenters. The average molecular weight is 566 g/mol.